The van der Waals surface area contributed by atoms with Gasteiger partial charge in [-0.15, -0.1) is 0 Å². The van der Waals surface area contributed by atoms with Gasteiger partial charge in [0.05, 0.1) is 0 Å². The molecule has 1 aliphatic rings. The molecule has 0 atom stereocenters. The van der Waals surface area contributed by atoms with Crippen LogP contribution in [0.3, 0.4) is 0 Å². The SMILES string of the molecule is CCCCC(=O)CC1CCCCCC1. The minimum Gasteiger partial charge on any atom is -0.300 e. The van der Waals surface area contributed by atoms with Crippen LogP contribution >= 0.6 is 0 Å². The molecule has 1 aliphatic carbocycles. The molecular weight excluding hydrogens is 172 g/mol. The average molecular weight is 196 g/mol. The van der Waals surface area contributed by atoms with Gasteiger partial charge in [0.15, 0.2) is 0 Å². The van der Waals surface area contributed by atoms with E-state index in [-0.39, 0.29) is 0 Å². The fourth-order valence-electron chi connectivity index (χ4n) is 2.37. The van der Waals surface area contributed by atoms with Gasteiger partial charge in [0.1, 0.15) is 5.78 Å². The Bertz CT molecular complexity index is 155. The van der Waals surface area contributed by atoms with Gasteiger partial charge in [0.25, 0.3) is 0 Å². The van der Waals surface area contributed by atoms with Crippen molar-refractivity contribution < 1.29 is 4.79 Å². The Morgan fingerprint density at radius 2 is 1.79 bits per heavy atom. The van der Waals surface area contributed by atoms with Crippen molar-refractivity contribution in [3.05, 3.63) is 0 Å². The Morgan fingerprint density at radius 3 is 2.36 bits per heavy atom. The molecule has 0 heterocycles. The summed E-state index contributed by atoms with van der Waals surface area (Å²) in [6, 6.07) is 0. The van der Waals surface area contributed by atoms with E-state index < -0.39 is 0 Å². The zero-order valence-corrected chi connectivity index (χ0v) is 9.56. The van der Waals surface area contributed by atoms with Crippen molar-refractivity contribution in [3.63, 3.8) is 0 Å². The third-order valence-electron chi connectivity index (χ3n) is 3.30. The molecule has 14 heavy (non-hydrogen) atoms. The first-order valence-corrected chi connectivity index (χ1v) is 6.34. The Balaban J connectivity index is 2.17. The fraction of sp³-hybridized carbons (Fsp3) is 0.923. The van der Waals surface area contributed by atoms with E-state index >= 15 is 0 Å². The van der Waals surface area contributed by atoms with E-state index in [2.05, 4.69) is 6.92 Å². The summed E-state index contributed by atoms with van der Waals surface area (Å²) in [6.45, 7) is 2.15. The minimum atomic E-state index is 0.513. The summed E-state index contributed by atoms with van der Waals surface area (Å²) in [6.07, 6.45) is 12.0. The maximum absolute atomic E-state index is 11.6. The van der Waals surface area contributed by atoms with Crippen LogP contribution in [-0.4, -0.2) is 5.78 Å². The normalized spacial score (nSPS) is 19.2. The molecule has 0 amide bonds. The van der Waals surface area contributed by atoms with Gasteiger partial charge < -0.3 is 0 Å². The predicted molar refractivity (Wildman–Crippen MR) is 60.3 cm³/mol. The molecule has 0 saturated heterocycles. The molecule has 0 unspecified atom stereocenters. The number of carbonyl (C=O) groups excluding carboxylic acids is 1. The lowest BCUT2D eigenvalue weighted by Crippen LogP contribution is -2.07. The number of ketones is 1. The average Bonchev–Trinajstić information content (AvgIpc) is 2.43. The molecule has 0 N–H and O–H groups in total. The van der Waals surface area contributed by atoms with E-state index in [1.54, 1.807) is 0 Å². The van der Waals surface area contributed by atoms with Crippen LogP contribution in [0.25, 0.3) is 0 Å². The van der Waals surface area contributed by atoms with Crippen molar-refractivity contribution in [1.82, 2.24) is 0 Å². The van der Waals surface area contributed by atoms with Crippen molar-refractivity contribution >= 4 is 5.78 Å². The summed E-state index contributed by atoms with van der Waals surface area (Å²) in [5, 5.41) is 0. The molecular formula is C13H24O. The molecule has 1 nitrogen and oxygen atoms in total. The van der Waals surface area contributed by atoms with E-state index in [1.165, 1.54) is 38.5 Å². The molecule has 0 aromatic heterocycles. The Hall–Kier alpha value is -0.330. The number of Topliss-reactive ketones (excluding diaryl/α,β-unsaturated/α-hetero) is 1. The zero-order valence-electron chi connectivity index (χ0n) is 9.56. The molecule has 1 saturated carbocycles. The molecule has 0 aromatic carbocycles. The van der Waals surface area contributed by atoms with Crippen LogP contribution in [0.2, 0.25) is 0 Å². The summed E-state index contributed by atoms with van der Waals surface area (Å²) in [5.41, 5.74) is 0. The maximum atomic E-state index is 11.6. The maximum Gasteiger partial charge on any atom is 0.133 e. The first-order valence-electron chi connectivity index (χ1n) is 6.34. The number of rotatable bonds is 5. The van der Waals surface area contributed by atoms with Crippen molar-refractivity contribution in [2.75, 3.05) is 0 Å². The van der Waals surface area contributed by atoms with Crippen LogP contribution in [0.15, 0.2) is 0 Å². The molecule has 82 valence electrons. The van der Waals surface area contributed by atoms with Crippen molar-refractivity contribution in [2.45, 2.75) is 71.1 Å². The molecule has 0 aromatic rings. The van der Waals surface area contributed by atoms with Crippen molar-refractivity contribution in [3.8, 4) is 0 Å². The highest BCUT2D eigenvalue weighted by Crippen LogP contribution is 2.26. The third kappa shape index (κ3) is 4.78. The molecule has 1 rings (SSSR count). The smallest absolute Gasteiger partial charge is 0.133 e. The van der Waals surface area contributed by atoms with Crippen LogP contribution < -0.4 is 0 Å². The zero-order chi connectivity index (χ0) is 10.2. The Kier molecular flexibility index (Phi) is 5.89. The van der Waals surface area contributed by atoms with Gasteiger partial charge in [-0.2, -0.15) is 0 Å². The molecule has 1 fully saturated rings. The summed E-state index contributed by atoms with van der Waals surface area (Å²) < 4.78 is 0. The predicted octanol–water partition coefficient (Wildman–Crippen LogP) is 4.11. The lowest BCUT2D eigenvalue weighted by molar-refractivity contribution is -0.120. The topological polar surface area (TPSA) is 17.1 Å². The summed E-state index contributed by atoms with van der Waals surface area (Å²) >= 11 is 0. The Morgan fingerprint density at radius 1 is 1.14 bits per heavy atom. The van der Waals surface area contributed by atoms with Crippen LogP contribution in [-0.2, 0) is 4.79 Å². The first-order chi connectivity index (χ1) is 6.83. The van der Waals surface area contributed by atoms with Crippen LogP contribution in [0, 0.1) is 5.92 Å². The lowest BCUT2D eigenvalue weighted by Gasteiger charge is -2.12. The molecule has 0 aliphatic heterocycles. The molecule has 0 spiro atoms. The monoisotopic (exact) mass is 196 g/mol. The number of carbonyl (C=O) groups is 1. The van der Waals surface area contributed by atoms with Gasteiger partial charge in [-0.3, -0.25) is 4.79 Å². The second-order valence-electron chi connectivity index (χ2n) is 4.70. The largest absolute Gasteiger partial charge is 0.300 e. The van der Waals surface area contributed by atoms with Crippen molar-refractivity contribution in [1.29, 1.82) is 0 Å². The van der Waals surface area contributed by atoms with Crippen LogP contribution in [0.1, 0.15) is 71.1 Å². The first kappa shape index (κ1) is 11.7. The van der Waals surface area contributed by atoms with E-state index in [0.29, 0.717) is 5.78 Å². The molecule has 0 radical (unpaired) electrons. The highest BCUT2D eigenvalue weighted by atomic mass is 16.1. The van der Waals surface area contributed by atoms with Gasteiger partial charge in [-0.25, -0.2) is 0 Å². The number of unbranched alkanes of at least 4 members (excludes halogenated alkanes) is 1. The number of hydrogen-bond acceptors (Lipinski definition) is 1. The standard InChI is InChI=1S/C13H24O/c1-2-3-10-13(14)11-12-8-6-4-5-7-9-12/h12H,2-11H2,1H3. The highest BCUT2D eigenvalue weighted by Gasteiger charge is 2.15. The van der Waals surface area contributed by atoms with Gasteiger partial charge in [0.2, 0.25) is 0 Å². The van der Waals surface area contributed by atoms with Crippen LogP contribution in [0.5, 0.6) is 0 Å². The molecule has 0 bridgehead atoms. The van der Waals surface area contributed by atoms with Crippen molar-refractivity contribution in [2.24, 2.45) is 5.92 Å². The van der Waals surface area contributed by atoms with Gasteiger partial charge >= 0.3 is 0 Å². The van der Waals surface area contributed by atoms with E-state index in [4.69, 9.17) is 0 Å². The van der Waals surface area contributed by atoms with Gasteiger partial charge in [-0.1, -0.05) is 51.9 Å². The summed E-state index contributed by atoms with van der Waals surface area (Å²) in [5.74, 6) is 1.24. The summed E-state index contributed by atoms with van der Waals surface area (Å²) in [7, 11) is 0. The Labute approximate surface area is 88.3 Å². The van der Waals surface area contributed by atoms with E-state index in [9.17, 15) is 4.79 Å². The minimum absolute atomic E-state index is 0.513. The van der Waals surface area contributed by atoms with E-state index in [1.807, 2.05) is 0 Å². The van der Waals surface area contributed by atoms with Crippen LogP contribution in [0.4, 0.5) is 0 Å². The number of hydrogen-bond donors (Lipinski definition) is 0. The fourth-order valence-corrected chi connectivity index (χ4v) is 2.37. The van der Waals surface area contributed by atoms with Gasteiger partial charge in [-0.05, 0) is 12.3 Å². The second-order valence-corrected chi connectivity index (χ2v) is 4.70. The lowest BCUT2D eigenvalue weighted by atomic mass is 9.93. The quantitative estimate of drug-likeness (QED) is 0.605. The molecule has 1 heteroatoms. The third-order valence-corrected chi connectivity index (χ3v) is 3.30. The summed E-state index contributed by atoms with van der Waals surface area (Å²) in [4.78, 5) is 11.6. The van der Waals surface area contributed by atoms with E-state index in [0.717, 1.165) is 31.6 Å². The van der Waals surface area contributed by atoms with Gasteiger partial charge in [0, 0.05) is 12.8 Å². The second kappa shape index (κ2) is 7.03. The highest BCUT2D eigenvalue weighted by molar-refractivity contribution is 5.78.